The molecule has 2 amide bonds. The quantitative estimate of drug-likeness (QED) is 0.850. The highest BCUT2D eigenvalue weighted by Gasteiger charge is 2.37. The lowest BCUT2D eigenvalue weighted by Gasteiger charge is -2.18. The minimum Gasteiger partial charge on any atom is -0.352 e. The summed E-state index contributed by atoms with van der Waals surface area (Å²) in [4.78, 5) is 26.0. The molecule has 2 aliphatic rings. The number of hydrogen-bond acceptors (Lipinski definition) is 4. The number of sulfone groups is 1. The molecular weight excluding hydrogens is 375 g/mol. The third-order valence-electron chi connectivity index (χ3n) is 4.23. The van der Waals surface area contributed by atoms with Crippen molar-refractivity contribution in [1.82, 2.24) is 5.32 Å². The number of carbonyl (C=O) groups is 2. The predicted octanol–water partition coefficient (Wildman–Crippen LogP) is 1.65. The number of halogens is 2. The topological polar surface area (TPSA) is 83.5 Å². The maximum atomic E-state index is 12.3. The number of amides is 2. The second kappa shape index (κ2) is 6.54. The van der Waals surface area contributed by atoms with E-state index in [2.05, 4.69) is 5.32 Å². The summed E-state index contributed by atoms with van der Waals surface area (Å²) in [6.07, 6.45) is 0.498. The molecule has 2 saturated heterocycles. The molecule has 6 nitrogen and oxygen atoms in total. The summed E-state index contributed by atoms with van der Waals surface area (Å²) < 4.78 is 22.9. The molecule has 2 unspecified atom stereocenters. The molecular formula is C15H16Cl2N2O4S. The van der Waals surface area contributed by atoms with Gasteiger partial charge in [0.1, 0.15) is 0 Å². The van der Waals surface area contributed by atoms with Crippen molar-refractivity contribution in [3.8, 4) is 0 Å². The van der Waals surface area contributed by atoms with E-state index in [4.69, 9.17) is 23.2 Å². The average molecular weight is 391 g/mol. The van der Waals surface area contributed by atoms with E-state index in [-0.39, 0.29) is 42.3 Å². The Kier molecular flexibility index (Phi) is 4.77. The first kappa shape index (κ1) is 17.5. The monoisotopic (exact) mass is 390 g/mol. The molecule has 0 aromatic heterocycles. The SMILES string of the molecule is O=C(NC1CCS(=O)(=O)C1)C1CC(=O)N(c2cc(Cl)cc(Cl)c2)C1. The molecule has 130 valence electrons. The van der Waals surface area contributed by atoms with Gasteiger partial charge in [0.2, 0.25) is 11.8 Å². The summed E-state index contributed by atoms with van der Waals surface area (Å²) in [6, 6.07) is 4.44. The zero-order valence-electron chi connectivity index (χ0n) is 12.7. The third-order valence-corrected chi connectivity index (χ3v) is 6.44. The first-order valence-electron chi connectivity index (χ1n) is 7.51. The van der Waals surface area contributed by atoms with Crippen molar-refractivity contribution in [3.05, 3.63) is 28.2 Å². The van der Waals surface area contributed by atoms with Gasteiger partial charge in [-0.05, 0) is 24.6 Å². The number of anilines is 1. The number of carbonyl (C=O) groups excluding carboxylic acids is 2. The van der Waals surface area contributed by atoms with Gasteiger partial charge in [0.05, 0.1) is 17.4 Å². The van der Waals surface area contributed by atoms with Crippen molar-refractivity contribution in [2.45, 2.75) is 18.9 Å². The fourth-order valence-electron chi connectivity index (χ4n) is 3.06. The van der Waals surface area contributed by atoms with Crippen LogP contribution in [0.25, 0.3) is 0 Å². The molecule has 0 aliphatic carbocycles. The van der Waals surface area contributed by atoms with E-state index in [1.165, 1.54) is 4.90 Å². The number of benzene rings is 1. The van der Waals surface area contributed by atoms with Crippen LogP contribution >= 0.6 is 23.2 Å². The van der Waals surface area contributed by atoms with Crippen molar-refractivity contribution >= 4 is 50.5 Å². The van der Waals surface area contributed by atoms with Gasteiger partial charge >= 0.3 is 0 Å². The van der Waals surface area contributed by atoms with Crippen molar-refractivity contribution in [3.63, 3.8) is 0 Å². The Bertz CT molecular complexity index is 776. The molecule has 24 heavy (non-hydrogen) atoms. The lowest BCUT2D eigenvalue weighted by Crippen LogP contribution is -2.40. The average Bonchev–Trinajstić information content (AvgIpc) is 3.00. The minimum absolute atomic E-state index is 0.0347. The van der Waals surface area contributed by atoms with Crippen molar-refractivity contribution in [2.24, 2.45) is 5.92 Å². The van der Waals surface area contributed by atoms with Crippen molar-refractivity contribution < 1.29 is 18.0 Å². The van der Waals surface area contributed by atoms with Crippen LogP contribution in [0, 0.1) is 5.92 Å². The van der Waals surface area contributed by atoms with E-state index in [1.807, 2.05) is 0 Å². The summed E-state index contributed by atoms with van der Waals surface area (Å²) in [6.45, 7) is 0.223. The highest BCUT2D eigenvalue weighted by Crippen LogP contribution is 2.30. The van der Waals surface area contributed by atoms with E-state index in [0.29, 0.717) is 22.2 Å². The van der Waals surface area contributed by atoms with Gasteiger partial charge in [0.15, 0.2) is 9.84 Å². The molecule has 2 atom stereocenters. The van der Waals surface area contributed by atoms with Gasteiger partial charge in [0, 0.05) is 34.7 Å². The predicted molar refractivity (Wildman–Crippen MR) is 92.1 cm³/mol. The van der Waals surface area contributed by atoms with Gasteiger partial charge in [0.25, 0.3) is 0 Å². The Hall–Kier alpha value is -1.31. The lowest BCUT2D eigenvalue weighted by atomic mass is 10.1. The van der Waals surface area contributed by atoms with Crippen LogP contribution in [0.1, 0.15) is 12.8 Å². The Morgan fingerprint density at radius 2 is 1.88 bits per heavy atom. The molecule has 1 aromatic rings. The van der Waals surface area contributed by atoms with Gasteiger partial charge in [-0.25, -0.2) is 8.42 Å². The fourth-order valence-corrected chi connectivity index (χ4v) is 5.24. The van der Waals surface area contributed by atoms with Crippen LogP contribution < -0.4 is 10.2 Å². The molecule has 0 radical (unpaired) electrons. The van der Waals surface area contributed by atoms with Gasteiger partial charge in [-0.1, -0.05) is 23.2 Å². The van der Waals surface area contributed by atoms with Crippen LogP contribution in [-0.2, 0) is 19.4 Å². The summed E-state index contributed by atoms with van der Waals surface area (Å²) in [5.41, 5.74) is 0.552. The second-order valence-electron chi connectivity index (χ2n) is 6.14. The van der Waals surface area contributed by atoms with Gasteiger partial charge in [-0.3, -0.25) is 9.59 Å². The Labute approximate surface area is 150 Å². The van der Waals surface area contributed by atoms with Gasteiger partial charge in [-0.2, -0.15) is 0 Å². The smallest absolute Gasteiger partial charge is 0.227 e. The molecule has 0 spiro atoms. The molecule has 9 heteroatoms. The van der Waals surface area contributed by atoms with Crippen LogP contribution in [0.4, 0.5) is 5.69 Å². The number of nitrogens with zero attached hydrogens (tertiary/aromatic N) is 1. The molecule has 0 bridgehead atoms. The van der Waals surface area contributed by atoms with Crippen LogP contribution in [0.15, 0.2) is 18.2 Å². The summed E-state index contributed by atoms with van der Waals surface area (Å²) >= 11 is 11.9. The van der Waals surface area contributed by atoms with E-state index < -0.39 is 15.8 Å². The van der Waals surface area contributed by atoms with Crippen molar-refractivity contribution in [2.75, 3.05) is 23.0 Å². The van der Waals surface area contributed by atoms with Crippen LogP contribution in [0.2, 0.25) is 10.0 Å². The fraction of sp³-hybridized carbons (Fsp3) is 0.467. The summed E-state index contributed by atoms with van der Waals surface area (Å²) in [5, 5.41) is 3.57. The zero-order chi connectivity index (χ0) is 17.5. The second-order valence-corrected chi connectivity index (χ2v) is 9.24. The van der Waals surface area contributed by atoms with Crippen LogP contribution in [0.3, 0.4) is 0 Å². The Morgan fingerprint density at radius 3 is 2.46 bits per heavy atom. The molecule has 2 heterocycles. The normalized spacial score (nSPS) is 25.9. The van der Waals surface area contributed by atoms with Crippen molar-refractivity contribution in [1.29, 1.82) is 0 Å². The molecule has 2 aliphatic heterocycles. The lowest BCUT2D eigenvalue weighted by molar-refractivity contribution is -0.126. The first-order chi connectivity index (χ1) is 11.2. The first-order valence-corrected chi connectivity index (χ1v) is 10.1. The molecule has 0 saturated carbocycles. The van der Waals surface area contributed by atoms with Crippen LogP contribution in [0.5, 0.6) is 0 Å². The molecule has 1 aromatic carbocycles. The molecule has 2 fully saturated rings. The molecule has 3 rings (SSSR count). The highest BCUT2D eigenvalue weighted by molar-refractivity contribution is 7.91. The minimum atomic E-state index is -3.06. The maximum Gasteiger partial charge on any atom is 0.227 e. The maximum absolute atomic E-state index is 12.3. The highest BCUT2D eigenvalue weighted by atomic mass is 35.5. The van der Waals surface area contributed by atoms with Gasteiger partial charge < -0.3 is 10.2 Å². The Balaban J connectivity index is 1.67. The third kappa shape index (κ3) is 3.84. The number of hydrogen-bond donors (Lipinski definition) is 1. The van der Waals surface area contributed by atoms with E-state index in [9.17, 15) is 18.0 Å². The van der Waals surface area contributed by atoms with E-state index in [1.54, 1.807) is 18.2 Å². The zero-order valence-corrected chi connectivity index (χ0v) is 15.0. The molecule has 1 N–H and O–H groups in total. The number of nitrogens with one attached hydrogen (secondary N) is 1. The van der Waals surface area contributed by atoms with E-state index in [0.717, 1.165) is 0 Å². The standard InChI is InChI=1S/C15H16Cl2N2O4S/c16-10-4-11(17)6-13(5-10)19-7-9(3-14(19)20)15(21)18-12-1-2-24(22,23)8-12/h4-6,9,12H,1-3,7-8H2,(H,18,21). The van der Waals surface area contributed by atoms with Crippen LogP contribution in [-0.4, -0.2) is 44.3 Å². The van der Waals surface area contributed by atoms with E-state index >= 15 is 0 Å². The number of rotatable bonds is 3. The summed E-state index contributed by atoms with van der Waals surface area (Å²) in [7, 11) is -3.06. The van der Waals surface area contributed by atoms with Gasteiger partial charge in [-0.15, -0.1) is 0 Å². The Morgan fingerprint density at radius 1 is 1.21 bits per heavy atom. The summed E-state index contributed by atoms with van der Waals surface area (Å²) in [5.74, 6) is -0.936. The largest absolute Gasteiger partial charge is 0.352 e.